The van der Waals surface area contributed by atoms with Gasteiger partial charge in [-0.3, -0.25) is 0 Å². The van der Waals surface area contributed by atoms with E-state index in [1.54, 1.807) is 0 Å². The van der Waals surface area contributed by atoms with Crippen molar-refractivity contribution in [2.45, 2.75) is 25.4 Å². The quantitative estimate of drug-likeness (QED) is 0.865. The fourth-order valence-corrected chi connectivity index (χ4v) is 1.61. The average Bonchev–Trinajstić information content (AvgIpc) is 2.91. The van der Waals surface area contributed by atoms with Crippen molar-refractivity contribution in [1.29, 1.82) is 0 Å². The molecule has 0 saturated heterocycles. The molecule has 0 radical (unpaired) electrons. The van der Waals surface area contributed by atoms with E-state index in [1.807, 2.05) is 18.2 Å². The first-order valence-corrected chi connectivity index (χ1v) is 5.19. The predicted molar refractivity (Wildman–Crippen MR) is 63.6 cm³/mol. The van der Waals surface area contributed by atoms with Gasteiger partial charge in [-0.1, -0.05) is 35.3 Å². The van der Waals surface area contributed by atoms with E-state index in [0.717, 1.165) is 12.1 Å². The van der Waals surface area contributed by atoms with Gasteiger partial charge in [0.25, 0.3) is 0 Å². The van der Waals surface area contributed by atoms with Gasteiger partial charge in [-0.2, -0.15) is 0 Å². The van der Waals surface area contributed by atoms with Crippen molar-refractivity contribution >= 4 is 35.6 Å². The van der Waals surface area contributed by atoms with Gasteiger partial charge in [0, 0.05) is 12.6 Å². The molecule has 0 unspecified atom stereocenters. The summed E-state index contributed by atoms with van der Waals surface area (Å²) in [4.78, 5) is 0. The minimum atomic E-state index is 0. The van der Waals surface area contributed by atoms with E-state index < -0.39 is 0 Å². The zero-order valence-corrected chi connectivity index (χ0v) is 9.92. The lowest BCUT2D eigenvalue weighted by Gasteiger charge is -2.06. The number of benzene rings is 1. The number of nitrogens with one attached hydrogen (secondary N) is 1. The molecule has 1 N–H and O–H groups in total. The Balaban J connectivity index is 0.000000980. The molecule has 1 aromatic rings. The molecule has 2 rings (SSSR count). The highest BCUT2D eigenvalue weighted by molar-refractivity contribution is 6.42. The summed E-state index contributed by atoms with van der Waals surface area (Å²) in [6.45, 7) is 0.823. The molecular formula is C10H12Cl3N. The fraction of sp³-hybridized carbons (Fsp3) is 0.400. The zero-order chi connectivity index (χ0) is 9.26. The van der Waals surface area contributed by atoms with Crippen molar-refractivity contribution in [3.05, 3.63) is 33.8 Å². The van der Waals surface area contributed by atoms with Gasteiger partial charge in [0.05, 0.1) is 10.0 Å². The highest BCUT2D eigenvalue weighted by atomic mass is 35.5. The van der Waals surface area contributed by atoms with Crippen LogP contribution in [0.1, 0.15) is 18.4 Å². The Morgan fingerprint density at radius 3 is 2.64 bits per heavy atom. The normalized spacial score (nSPS) is 15.0. The van der Waals surface area contributed by atoms with Crippen LogP contribution in [-0.2, 0) is 6.54 Å². The highest BCUT2D eigenvalue weighted by Gasteiger charge is 2.20. The number of rotatable bonds is 3. The van der Waals surface area contributed by atoms with Crippen LogP contribution in [0.2, 0.25) is 10.0 Å². The van der Waals surface area contributed by atoms with Gasteiger partial charge in [-0.25, -0.2) is 0 Å². The Morgan fingerprint density at radius 2 is 2.00 bits per heavy atom. The molecule has 1 fully saturated rings. The molecule has 0 heterocycles. The number of hydrogen-bond acceptors (Lipinski definition) is 1. The lowest BCUT2D eigenvalue weighted by molar-refractivity contribution is 0.688. The van der Waals surface area contributed by atoms with Gasteiger partial charge in [0.15, 0.2) is 0 Å². The van der Waals surface area contributed by atoms with E-state index >= 15 is 0 Å². The summed E-state index contributed by atoms with van der Waals surface area (Å²) in [5.41, 5.74) is 1.08. The molecule has 1 nitrogen and oxygen atoms in total. The molecule has 14 heavy (non-hydrogen) atoms. The molecule has 0 spiro atoms. The van der Waals surface area contributed by atoms with Gasteiger partial charge in [0.2, 0.25) is 0 Å². The molecule has 0 bridgehead atoms. The number of hydrogen-bond donors (Lipinski definition) is 1. The summed E-state index contributed by atoms with van der Waals surface area (Å²) < 4.78 is 0. The zero-order valence-electron chi connectivity index (χ0n) is 7.59. The Hall–Kier alpha value is 0.0500. The van der Waals surface area contributed by atoms with Crippen LogP contribution in [-0.4, -0.2) is 6.04 Å². The monoisotopic (exact) mass is 251 g/mol. The van der Waals surface area contributed by atoms with Crippen molar-refractivity contribution in [1.82, 2.24) is 5.32 Å². The minimum absolute atomic E-state index is 0. The van der Waals surface area contributed by atoms with E-state index in [1.165, 1.54) is 12.8 Å². The summed E-state index contributed by atoms with van der Waals surface area (Å²) >= 11 is 11.9. The average molecular weight is 253 g/mol. The smallest absolute Gasteiger partial charge is 0.0637 e. The van der Waals surface area contributed by atoms with E-state index in [9.17, 15) is 0 Å². The SMILES string of the molecule is Cl.Clc1cccc(CNC2CC2)c1Cl. The van der Waals surface area contributed by atoms with Gasteiger partial charge in [-0.05, 0) is 24.5 Å². The summed E-state index contributed by atoms with van der Waals surface area (Å²) in [5, 5.41) is 4.71. The van der Waals surface area contributed by atoms with Crippen LogP contribution in [0.5, 0.6) is 0 Å². The van der Waals surface area contributed by atoms with Gasteiger partial charge in [0.1, 0.15) is 0 Å². The third-order valence-corrected chi connectivity index (χ3v) is 3.05. The van der Waals surface area contributed by atoms with Crippen LogP contribution in [0.25, 0.3) is 0 Å². The minimum Gasteiger partial charge on any atom is -0.310 e. The van der Waals surface area contributed by atoms with Crippen molar-refractivity contribution in [3.63, 3.8) is 0 Å². The Bertz CT molecular complexity index is 310. The highest BCUT2D eigenvalue weighted by Crippen LogP contribution is 2.26. The third-order valence-electron chi connectivity index (χ3n) is 2.19. The largest absolute Gasteiger partial charge is 0.310 e. The predicted octanol–water partition coefficient (Wildman–Crippen LogP) is 3.67. The summed E-state index contributed by atoms with van der Waals surface area (Å²) in [7, 11) is 0. The van der Waals surface area contributed by atoms with Crippen LogP contribution >= 0.6 is 35.6 Å². The van der Waals surface area contributed by atoms with Crippen molar-refractivity contribution in [2.75, 3.05) is 0 Å². The molecule has 1 aliphatic rings. The van der Waals surface area contributed by atoms with E-state index in [-0.39, 0.29) is 12.4 Å². The topological polar surface area (TPSA) is 12.0 Å². The van der Waals surface area contributed by atoms with Crippen LogP contribution < -0.4 is 5.32 Å². The summed E-state index contributed by atoms with van der Waals surface area (Å²) in [6.07, 6.45) is 2.58. The molecule has 78 valence electrons. The maximum atomic E-state index is 6.03. The first-order valence-electron chi connectivity index (χ1n) is 4.43. The van der Waals surface area contributed by atoms with Crippen LogP contribution in [0, 0.1) is 0 Å². The van der Waals surface area contributed by atoms with E-state index in [0.29, 0.717) is 16.1 Å². The lowest BCUT2D eigenvalue weighted by atomic mass is 10.2. The molecule has 1 aromatic carbocycles. The van der Waals surface area contributed by atoms with Gasteiger partial charge in [-0.15, -0.1) is 12.4 Å². The van der Waals surface area contributed by atoms with Gasteiger partial charge >= 0.3 is 0 Å². The second kappa shape index (κ2) is 5.22. The second-order valence-corrected chi connectivity index (χ2v) is 4.15. The molecule has 0 atom stereocenters. The first kappa shape index (κ1) is 12.1. The molecule has 1 aliphatic carbocycles. The van der Waals surface area contributed by atoms with Crippen LogP contribution in [0.4, 0.5) is 0 Å². The number of halogens is 3. The summed E-state index contributed by atoms with van der Waals surface area (Å²) in [5.74, 6) is 0. The van der Waals surface area contributed by atoms with E-state index in [4.69, 9.17) is 23.2 Å². The molecule has 0 aromatic heterocycles. The maximum absolute atomic E-state index is 6.03. The lowest BCUT2D eigenvalue weighted by Crippen LogP contribution is -2.15. The molecular weight excluding hydrogens is 240 g/mol. The Morgan fingerprint density at radius 1 is 1.29 bits per heavy atom. The summed E-state index contributed by atoms with van der Waals surface area (Å²) in [6, 6.07) is 6.45. The van der Waals surface area contributed by atoms with Crippen molar-refractivity contribution in [2.24, 2.45) is 0 Å². The first-order chi connectivity index (χ1) is 6.27. The fourth-order valence-electron chi connectivity index (χ4n) is 1.23. The molecule has 4 heteroatoms. The molecule has 0 amide bonds. The third kappa shape index (κ3) is 3.03. The van der Waals surface area contributed by atoms with Crippen molar-refractivity contribution in [3.8, 4) is 0 Å². The van der Waals surface area contributed by atoms with Gasteiger partial charge < -0.3 is 5.32 Å². The van der Waals surface area contributed by atoms with Crippen LogP contribution in [0.15, 0.2) is 18.2 Å². The van der Waals surface area contributed by atoms with E-state index in [2.05, 4.69) is 5.32 Å². The maximum Gasteiger partial charge on any atom is 0.0637 e. The van der Waals surface area contributed by atoms with Crippen molar-refractivity contribution < 1.29 is 0 Å². The second-order valence-electron chi connectivity index (χ2n) is 3.37. The molecule has 0 aliphatic heterocycles. The van der Waals surface area contributed by atoms with Crippen LogP contribution in [0.3, 0.4) is 0 Å². The standard InChI is InChI=1S/C10H11Cl2N.ClH/c11-9-3-1-2-7(10(9)12)6-13-8-4-5-8;/h1-3,8,13H,4-6H2;1H. The molecule has 1 saturated carbocycles. The Kier molecular flexibility index (Phi) is 4.52. The Labute approximate surface area is 100 Å².